The van der Waals surface area contributed by atoms with Gasteiger partial charge in [0.25, 0.3) is 11.7 Å². The summed E-state index contributed by atoms with van der Waals surface area (Å²) < 4.78 is 14.5. The lowest BCUT2D eigenvalue weighted by atomic mass is 9.94. The molecule has 2 aromatic rings. The lowest BCUT2D eigenvalue weighted by molar-refractivity contribution is -0.140. The van der Waals surface area contributed by atoms with Gasteiger partial charge in [0.05, 0.1) is 17.7 Å². The molecule has 0 spiro atoms. The van der Waals surface area contributed by atoms with E-state index in [2.05, 4.69) is 0 Å². The number of Topliss-reactive ketones (excluding diaryl/α,β-unsaturated/α-hetero) is 1. The van der Waals surface area contributed by atoms with Crippen molar-refractivity contribution in [1.29, 1.82) is 0 Å². The third kappa shape index (κ3) is 3.48. The molecule has 27 heavy (non-hydrogen) atoms. The number of likely N-dealkylation sites (tertiary alicyclic amines) is 1. The normalized spacial score (nSPS) is 20.1. The van der Waals surface area contributed by atoms with Gasteiger partial charge in [-0.2, -0.15) is 0 Å². The van der Waals surface area contributed by atoms with Gasteiger partial charge >= 0.3 is 0 Å². The van der Waals surface area contributed by atoms with Crippen LogP contribution in [-0.2, 0) is 9.59 Å². The number of rotatable bonds is 4. The van der Waals surface area contributed by atoms with Crippen molar-refractivity contribution in [3.63, 3.8) is 0 Å². The predicted molar refractivity (Wildman–Crippen MR) is 98.3 cm³/mol. The van der Waals surface area contributed by atoms with Crippen LogP contribution in [0, 0.1) is 12.7 Å². The first-order chi connectivity index (χ1) is 12.8. The fourth-order valence-electron chi connectivity index (χ4n) is 3.24. The quantitative estimate of drug-likeness (QED) is 0.493. The van der Waals surface area contributed by atoms with Crippen molar-refractivity contribution in [2.45, 2.75) is 26.0 Å². The Kier molecular flexibility index (Phi) is 5.10. The Morgan fingerprint density at radius 3 is 2.37 bits per heavy atom. The Morgan fingerprint density at radius 1 is 1.15 bits per heavy atom. The molecule has 0 bridgehead atoms. The number of amides is 1. The number of carbonyl (C=O) groups is 2. The van der Waals surface area contributed by atoms with E-state index in [4.69, 9.17) is 0 Å². The highest BCUT2D eigenvalue weighted by Gasteiger charge is 2.47. The second kappa shape index (κ2) is 7.32. The minimum atomic E-state index is -1.11. The molecule has 1 fully saturated rings. The molecule has 2 atom stereocenters. The van der Waals surface area contributed by atoms with Crippen molar-refractivity contribution in [2.75, 3.05) is 6.54 Å². The van der Waals surface area contributed by atoms with Crippen molar-refractivity contribution >= 4 is 17.4 Å². The molecule has 6 heteroatoms. The van der Waals surface area contributed by atoms with E-state index in [-0.39, 0.29) is 23.4 Å². The van der Waals surface area contributed by atoms with Crippen molar-refractivity contribution in [3.8, 4) is 0 Å². The molecule has 0 saturated carbocycles. The maximum Gasteiger partial charge on any atom is 0.295 e. The molecule has 1 heterocycles. The summed E-state index contributed by atoms with van der Waals surface area (Å²) in [6.45, 7) is 3.19. The molecular formula is C21H20FNO4. The first-order valence-electron chi connectivity index (χ1n) is 8.59. The summed E-state index contributed by atoms with van der Waals surface area (Å²) >= 11 is 0. The van der Waals surface area contributed by atoms with Crippen LogP contribution in [0.3, 0.4) is 0 Å². The molecular weight excluding hydrogens is 349 g/mol. The highest BCUT2D eigenvalue weighted by molar-refractivity contribution is 6.46. The Balaban J connectivity index is 2.21. The SMILES string of the molecule is Cc1ccc(C(O)=C2C(=O)C(=O)N(C[C@@H](C)O)[C@@H]2c2ccccc2F)cc1. The molecule has 1 saturated heterocycles. The Labute approximate surface area is 156 Å². The number of hydrogen-bond donors (Lipinski definition) is 2. The van der Waals surface area contributed by atoms with E-state index < -0.39 is 29.7 Å². The van der Waals surface area contributed by atoms with Crippen molar-refractivity contribution < 1.29 is 24.2 Å². The first-order valence-corrected chi connectivity index (χ1v) is 8.59. The molecule has 0 unspecified atom stereocenters. The van der Waals surface area contributed by atoms with Gasteiger partial charge in [-0.25, -0.2) is 4.39 Å². The zero-order chi connectivity index (χ0) is 19.7. The summed E-state index contributed by atoms with van der Waals surface area (Å²) in [7, 11) is 0. The number of carbonyl (C=O) groups excluding carboxylic acids is 2. The standard InChI is InChI=1S/C21H20FNO4/c1-12-7-9-14(10-8-12)19(25)17-18(15-5-3-4-6-16(15)22)23(11-13(2)24)21(27)20(17)26/h3-10,13,18,24-25H,11H2,1-2H3/t13-,18-/m1/s1. The molecule has 3 rings (SSSR count). The molecule has 0 aromatic heterocycles. The van der Waals surface area contributed by atoms with Crippen LogP contribution < -0.4 is 0 Å². The summed E-state index contributed by atoms with van der Waals surface area (Å²) in [5.74, 6) is -2.75. The van der Waals surface area contributed by atoms with Crippen LogP contribution in [0.25, 0.3) is 5.76 Å². The van der Waals surface area contributed by atoms with Gasteiger partial charge in [0.2, 0.25) is 0 Å². The maximum absolute atomic E-state index is 14.5. The number of benzene rings is 2. The highest BCUT2D eigenvalue weighted by Crippen LogP contribution is 2.40. The maximum atomic E-state index is 14.5. The van der Waals surface area contributed by atoms with E-state index in [1.807, 2.05) is 6.92 Å². The van der Waals surface area contributed by atoms with E-state index in [9.17, 15) is 24.2 Å². The van der Waals surface area contributed by atoms with Gasteiger partial charge in [-0.3, -0.25) is 9.59 Å². The van der Waals surface area contributed by atoms with Gasteiger partial charge in [-0.15, -0.1) is 0 Å². The molecule has 0 radical (unpaired) electrons. The molecule has 1 aliphatic heterocycles. The van der Waals surface area contributed by atoms with Crippen LogP contribution in [0.4, 0.5) is 4.39 Å². The van der Waals surface area contributed by atoms with E-state index in [1.54, 1.807) is 30.3 Å². The van der Waals surface area contributed by atoms with Gasteiger partial charge < -0.3 is 15.1 Å². The number of β-amino-alcohol motifs (C(OH)–C–C–N with tert-alkyl or cyclic N) is 1. The molecule has 2 aromatic carbocycles. The smallest absolute Gasteiger partial charge is 0.295 e. The van der Waals surface area contributed by atoms with E-state index in [1.165, 1.54) is 25.1 Å². The molecule has 140 valence electrons. The summed E-state index contributed by atoms with van der Waals surface area (Å²) in [6, 6.07) is 11.5. The molecule has 0 aliphatic carbocycles. The van der Waals surface area contributed by atoms with E-state index in [0.29, 0.717) is 5.56 Å². The molecule has 1 aliphatic rings. The second-order valence-corrected chi connectivity index (χ2v) is 6.69. The Bertz CT molecular complexity index is 918. The summed E-state index contributed by atoms with van der Waals surface area (Å²) in [4.78, 5) is 26.3. The number of aliphatic hydroxyl groups is 2. The molecule has 2 N–H and O–H groups in total. The zero-order valence-electron chi connectivity index (χ0n) is 15.0. The summed E-state index contributed by atoms with van der Waals surface area (Å²) in [5.41, 5.74) is 1.23. The largest absolute Gasteiger partial charge is 0.507 e. The van der Waals surface area contributed by atoms with Crippen LogP contribution in [-0.4, -0.2) is 39.5 Å². The number of halogens is 1. The lowest BCUT2D eigenvalue weighted by Crippen LogP contribution is -2.35. The minimum Gasteiger partial charge on any atom is -0.507 e. The monoisotopic (exact) mass is 369 g/mol. The van der Waals surface area contributed by atoms with Gasteiger partial charge in [-0.05, 0) is 19.9 Å². The first kappa shape index (κ1) is 18.8. The topological polar surface area (TPSA) is 77.8 Å². The lowest BCUT2D eigenvalue weighted by Gasteiger charge is -2.26. The van der Waals surface area contributed by atoms with Crippen molar-refractivity contribution in [1.82, 2.24) is 4.90 Å². The fraction of sp³-hybridized carbons (Fsp3) is 0.238. The third-order valence-corrected chi connectivity index (χ3v) is 4.53. The van der Waals surface area contributed by atoms with Crippen molar-refractivity contribution in [3.05, 3.63) is 76.6 Å². The Hall–Kier alpha value is -2.99. The summed E-state index contributed by atoms with van der Waals surface area (Å²) in [6.07, 6.45) is -0.920. The van der Waals surface area contributed by atoms with E-state index >= 15 is 0 Å². The van der Waals surface area contributed by atoms with Gasteiger partial charge in [-0.1, -0.05) is 48.0 Å². The van der Waals surface area contributed by atoms with Crippen LogP contribution in [0.1, 0.15) is 29.7 Å². The number of ketones is 1. The fourth-order valence-corrected chi connectivity index (χ4v) is 3.24. The predicted octanol–water partition coefficient (Wildman–Crippen LogP) is 2.94. The van der Waals surface area contributed by atoms with Crippen LogP contribution in [0.2, 0.25) is 0 Å². The van der Waals surface area contributed by atoms with Gasteiger partial charge in [0.1, 0.15) is 11.6 Å². The average Bonchev–Trinajstić information content (AvgIpc) is 2.86. The number of nitrogens with zero attached hydrogens (tertiary/aromatic N) is 1. The van der Waals surface area contributed by atoms with Crippen LogP contribution in [0.5, 0.6) is 0 Å². The molecule has 1 amide bonds. The number of aliphatic hydroxyl groups excluding tert-OH is 2. The number of aryl methyl sites for hydroxylation is 1. The number of hydrogen-bond acceptors (Lipinski definition) is 4. The van der Waals surface area contributed by atoms with Crippen LogP contribution >= 0.6 is 0 Å². The van der Waals surface area contributed by atoms with Gasteiger partial charge in [0.15, 0.2) is 0 Å². The summed E-state index contributed by atoms with van der Waals surface area (Å²) in [5, 5.41) is 20.5. The van der Waals surface area contributed by atoms with Gasteiger partial charge in [0, 0.05) is 17.7 Å². The average molecular weight is 369 g/mol. The minimum absolute atomic E-state index is 0.0889. The second-order valence-electron chi connectivity index (χ2n) is 6.69. The molecule has 5 nitrogen and oxygen atoms in total. The zero-order valence-corrected chi connectivity index (χ0v) is 15.0. The van der Waals surface area contributed by atoms with Crippen molar-refractivity contribution in [2.24, 2.45) is 0 Å². The third-order valence-electron chi connectivity index (χ3n) is 4.53. The Morgan fingerprint density at radius 2 is 1.78 bits per heavy atom. The van der Waals surface area contributed by atoms with E-state index in [0.717, 1.165) is 10.5 Å². The highest BCUT2D eigenvalue weighted by atomic mass is 19.1. The van der Waals surface area contributed by atoms with Crippen LogP contribution in [0.15, 0.2) is 54.1 Å².